The van der Waals surface area contributed by atoms with Gasteiger partial charge in [0, 0.05) is 31.6 Å². The van der Waals surface area contributed by atoms with Crippen molar-refractivity contribution >= 4 is 23.5 Å². The van der Waals surface area contributed by atoms with E-state index in [-0.39, 0.29) is 36.5 Å². The standard InChI is InChI=1S/C19H26N2O4/c1-3-25-19(24)15-10-12-21(13-11-15)18(23)9-8-17(22)20-16-6-4-14(2)5-7-16/h4-7,15H,3,8-13H2,1-2H3,(H,20,22). The molecule has 6 nitrogen and oxygen atoms in total. The van der Waals surface area contributed by atoms with Crippen LogP contribution in [0.25, 0.3) is 0 Å². The Morgan fingerprint density at radius 2 is 1.76 bits per heavy atom. The normalized spacial score (nSPS) is 14.9. The lowest BCUT2D eigenvalue weighted by Gasteiger charge is -2.30. The number of carbonyl (C=O) groups is 3. The van der Waals surface area contributed by atoms with E-state index in [0.717, 1.165) is 11.3 Å². The van der Waals surface area contributed by atoms with E-state index in [0.29, 0.717) is 32.5 Å². The zero-order chi connectivity index (χ0) is 18.2. The molecule has 1 aliphatic rings. The molecule has 0 bridgehead atoms. The van der Waals surface area contributed by atoms with E-state index in [1.165, 1.54) is 0 Å². The highest BCUT2D eigenvalue weighted by molar-refractivity contribution is 5.93. The summed E-state index contributed by atoms with van der Waals surface area (Å²) in [6, 6.07) is 7.54. The van der Waals surface area contributed by atoms with Gasteiger partial charge in [-0.25, -0.2) is 0 Å². The molecule has 0 unspecified atom stereocenters. The van der Waals surface area contributed by atoms with Crippen molar-refractivity contribution in [2.45, 2.75) is 39.5 Å². The maximum Gasteiger partial charge on any atom is 0.309 e. The fraction of sp³-hybridized carbons (Fsp3) is 0.526. The molecule has 0 aliphatic carbocycles. The van der Waals surface area contributed by atoms with Crippen molar-refractivity contribution < 1.29 is 19.1 Å². The van der Waals surface area contributed by atoms with Gasteiger partial charge in [-0.2, -0.15) is 0 Å². The highest BCUT2D eigenvalue weighted by Gasteiger charge is 2.28. The van der Waals surface area contributed by atoms with Gasteiger partial charge < -0.3 is 15.0 Å². The second-order valence-corrected chi connectivity index (χ2v) is 6.32. The second kappa shape index (κ2) is 9.20. The van der Waals surface area contributed by atoms with Crippen LogP contribution in [-0.2, 0) is 19.1 Å². The molecule has 1 fully saturated rings. The number of likely N-dealkylation sites (tertiary alicyclic amines) is 1. The Morgan fingerprint density at radius 1 is 1.12 bits per heavy atom. The van der Waals surface area contributed by atoms with Crippen molar-refractivity contribution in [1.29, 1.82) is 0 Å². The Balaban J connectivity index is 1.71. The molecule has 1 aliphatic heterocycles. The van der Waals surface area contributed by atoms with Crippen molar-refractivity contribution in [3.63, 3.8) is 0 Å². The first-order valence-corrected chi connectivity index (χ1v) is 8.80. The van der Waals surface area contributed by atoms with E-state index in [2.05, 4.69) is 5.32 Å². The van der Waals surface area contributed by atoms with Crippen molar-refractivity contribution in [3.05, 3.63) is 29.8 Å². The van der Waals surface area contributed by atoms with Gasteiger partial charge in [0.1, 0.15) is 0 Å². The van der Waals surface area contributed by atoms with Crippen LogP contribution in [0.1, 0.15) is 38.2 Å². The van der Waals surface area contributed by atoms with Crippen molar-refractivity contribution in [2.75, 3.05) is 25.0 Å². The number of hydrogen-bond acceptors (Lipinski definition) is 4. The fourth-order valence-corrected chi connectivity index (χ4v) is 2.86. The lowest BCUT2D eigenvalue weighted by molar-refractivity contribution is -0.151. The number of nitrogens with zero attached hydrogens (tertiary/aromatic N) is 1. The molecule has 0 spiro atoms. The van der Waals surface area contributed by atoms with Crippen LogP contribution in [0.4, 0.5) is 5.69 Å². The number of esters is 1. The average molecular weight is 346 g/mol. The number of amides is 2. The van der Waals surface area contributed by atoms with E-state index in [1.807, 2.05) is 31.2 Å². The Kier molecular flexibility index (Phi) is 6.98. The summed E-state index contributed by atoms with van der Waals surface area (Å²) in [5, 5.41) is 2.79. The Bertz CT molecular complexity index is 604. The molecule has 0 atom stereocenters. The smallest absolute Gasteiger partial charge is 0.309 e. The van der Waals surface area contributed by atoms with Crippen molar-refractivity contribution in [3.8, 4) is 0 Å². The minimum absolute atomic E-state index is 0.0404. The highest BCUT2D eigenvalue weighted by atomic mass is 16.5. The minimum Gasteiger partial charge on any atom is -0.466 e. The van der Waals surface area contributed by atoms with Gasteiger partial charge in [-0.3, -0.25) is 14.4 Å². The van der Waals surface area contributed by atoms with Crippen LogP contribution < -0.4 is 5.32 Å². The zero-order valence-electron chi connectivity index (χ0n) is 14.9. The molecule has 1 N–H and O–H groups in total. The van der Waals surface area contributed by atoms with Gasteiger partial charge in [-0.1, -0.05) is 17.7 Å². The molecule has 6 heteroatoms. The maximum atomic E-state index is 12.2. The summed E-state index contributed by atoms with van der Waals surface area (Å²) in [5.41, 5.74) is 1.86. The molecule has 1 saturated heterocycles. The summed E-state index contributed by atoms with van der Waals surface area (Å²) in [4.78, 5) is 37.6. The molecule has 2 rings (SSSR count). The zero-order valence-corrected chi connectivity index (χ0v) is 14.9. The third kappa shape index (κ3) is 5.89. The summed E-state index contributed by atoms with van der Waals surface area (Å²) >= 11 is 0. The third-order valence-corrected chi connectivity index (χ3v) is 4.37. The minimum atomic E-state index is -0.174. The van der Waals surface area contributed by atoms with Gasteiger partial charge in [0.2, 0.25) is 11.8 Å². The van der Waals surface area contributed by atoms with Gasteiger partial charge in [0.15, 0.2) is 0 Å². The predicted molar refractivity (Wildman–Crippen MR) is 95.0 cm³/mol. The summed E-state index contributed by atoms with van der Waals surface area (Å²) in [5.74, 6) is -0.499. The maximum absolute atomic E-state index is 12.2. The van der Waals surface area contributed by atoms with E-state index in [4.69, 9.17) is 4.74 Å². The van der Waals surface area contributed by atoms with E-state index < -0.39 is 0 Å². The lowest BCUT2D eigenvalue weighted by atomic mass is 9.96. The Labute approximate surface area is 148 Å². The van der Waals surface area contributed by atoms with Crippen LogP contribution >= 0.6 is 0 Å². The number of hydrogen-bond donors (Lipinski definition) is 1. The number of carbonyl (C=O) groups excluding carboxylic acids is 3. The van der Waals surface area contributed by atoms with Crippen molar-refractivity contribution in [1.82, 2.24) is 4.90 Å². The molecule has 2 amide bonds. The summed E-state index contributed by atoms with van der Waals surface area (Å²) in [6.07, 6.45) is 1.59. The molecule has 0 radical (unpaired) electrons. The first-order valence-electron chi connectivity index (χ1n) is 8.80. The van der Waals surface area contributed by atoms with E-state index in [1.54, 1.807) is 11.8 Å². The number of rotatable bonds is 6. The topological polar surface area (TPSA) is 75.7 Å². The molecule has 1 aromatic rings. The average Bonchev–Trinajstić information content (AvgIpc) is 2.62. The highest BCUT2D eigenvalue weighted by Crippen LogP contribution is 2.19. The third-order valence-electron chi connectivity index (χ3n) is 4.37. The SMILES string of the molecule is CCOC(=O)C1CCN(C(=O)CCC(=O)Nc2ccc(C)cc2)CC1. The van der Waals surface area contributed by atoms with Crippen LogP contribution in [-0.4, -0.2) is 42.4 Å². The first-order chi connectivity index (χ1) is 12.0. The summed E-state index contributed by atoms with van der Waals surface area (Å²) in [6.45, 7) is 5.24. The number of piperidine rings is 1. The molecule has 0 aromatic heterocycles. The molecule has 136 valence electrons. The van der Waals surface area contributed by atoms with Crippen LogP contribution in [0.3, 0.4) is 0 Å². The first kappa shape index (κ1) is 19.0. The van der Waals surface area contributed by atoms with Crippen LogP contribution in [0.5, 0.6) is 0 Å². The summed E-state index contributed by atoms with van der Waals surface area (Å²) in [7, 11) is 0. The summed E-state index contributed by atoms with van der Waals surface area (Å²) < 4.78 is 5.02. The number of nitrogens with one attached hydrogen (secondary N) is 1. The van der Waals surface area contributed by atoms with Crippen LogP contribution in [0.2, 0.25) is 0 Å². The molecule has 1 aromatic carbocycles. The van der Waals surface area contributed by atoms with Gasteiger partial charge >= 0.3 is 5.97 Å². The Morgan fingerprint density at radius 3 is 2.36 bits per heavy atom. The van der Waals surface area contributed by atoms with Gasteiger partial charge in [-0.15, -0.1) is 0 Å². The largest absolute Gasteiger partial charge is 0.466 e. The van der Waals surface area contributed by atoms with E-state index in [9.17, 15) is 14.4 Å². The van der Waals surface area contributed by atoms with Gasteiger partial charge in [0.25, 0.3) is 0 Å². The molecule has 1 heterocycles. The molecule has 0 saturated carbocycles. The van der Waals surface area contributed by atoms with E-state index >= 15 is 0 Å². The molecule has 25 heavy (non-hydrogen) atoms. The lowest BCUT2D eigenvalue weighted by Crippen LogP contribution is -2.40. The molecular formula is C19H26N2O4. The van der Waals surface area contributed by atoms with Crippen LogP contribution in [0, 0.1) is 12.8 Å². The quantitative estimate of drug-likeness (QED) is 0.803. The number of aryl methyl sites for hydroxylation is 1. The van der Waals surface area contributed by atoms with Gasteiger partial charge in [-0.05, 0) is 38.8 Å². The number of anilines is 1. The predicted octanol–water partition coefficient (Wildman–Crippen LogP) is 2.52. The fourth-order valence-electron chi connectivity index (χ4n) is 2.86. The van der Waals surface area contributed by atoms with Gasteiger partial charge in [0.05, 0.1) is 12.5 Å². The molecular weight excluding hydrogens is 320 g/mol. The number of benzene rings is 1. The monoisotopic (exact) mass is 346 g/mol. The van der Waals surface area contributed by atoms with Crippen LogP contribution in [0.15, 0.2) is 24.3 Å². The second-order valence-electron chi connectivity index (χ2n) is 6.32. The Hall–Kier alpha value is -2.37. The number of ether oxygens (including phenoxy) is 1. The van der Waals surface area contributed by atoms with Crippen molar-refractivity contribution in [2.24, 2.45) is 5.92 Å².